The van der Waals surface area contributed by atoms with Crippen molar-refractivity contribution in [1.29, 1.82) is 0 Å². The predicted molar refractivity (Wildman–Crippen MR) is 57.2 cm³/mol. The van der Waals surface area contributed by atoms with E-state index >= 15 is 0 Å². The van der Waals surface area contributed by atoms with E-state index in [1.165, 1.54) is 0 Å². The summed E-state index contributed by atoms with van der Waals surface area (Å²) in [6.45, 7) is 4.19. The zero-order chi connectivity index (χ0) is 11.7. The van der Waals surface area contributed by atoms with Crippen molar-refractivity contribution in [3.8, 4) is 0 Å². The molecule has 15 heavy (non-hydrogen) atoms. The maximum atomic E-state index is 11.9. The monoisotopic (exact) mass is 238 g/mol. The molecule has 0 saturated heterocycles. The summed E-state index contributed by atoms with van der Waals surface area (Å²) in [4.78, 5) is 10.2. The summed E-state index contributed by atoms with van der Waals surface area (Å²) in [6.07, 6.45) is 1.43. The molecule has 0 aromatic rings. The fraction of sp³-hybridized carbons (Fsp3) is 0.889. The lowest BCUT2D eigenvalue weighted by atomic mass is 10.2. The lowest BCUT2D eigenvalue weighted by Gasteiger charge is -2.16. The normalized spacial score (nSPS) is 11.6. The van der Waals surface area contributed by atoms with Gasteiger partial charge in [-0.2, -0.15) is 0 Å². The van der Waals surface area contributed by atoms with Crippen LogP contribution in [0.3, 0.4) is 0 Å². The van der Waals surface area contributed by atoms with Gasteiger partial charge in [-0.25, -0.2) is 0 Å². The summed E-state index contributed by atoms with van der Waals surface area (Å²) >= 11 is 0. The molecule has 0 unspecified atom stereocenters. The van der Waals surface area contributed by atoms with E-state index in [2.05, 4.69) is 0 Å². The van der Waals surface area contributed by atoms with Gasteiger partial charge in [-0.05, 0) is 26.7 Å². The lowest BCUT2D eigenvalue weighted by molar-refractivity contribution is -0.137. The smallest absolute Gasteiger partial charge is 0.330 e. The molecule has 0 aliphatic carbocycles. The lowest BCUT2D eigenvalue weighted by Crippen LogP contribution is -2.01. The van der Waals surface area contributed by atoms with Crippen LogP contribution in [0.15, 0.2) is 0 Å². The second-order valence-electron chi connectivity index (χ2n) is 3.02. The molecule has 0 aliphatic heterocycles. The summed E-state index contributed by atoms with van der Waals surface area (Å²) in [7, 11) is -2.97. The molecule has 0 aromatic heterocycles. The van der Waals surface area contributed by atoms with Crippen LogP contribution >= 0.6 is 7.60 Å². The van der Waals surface area contributed by atoms with E-state index in [0.29, 0.717) is 32.2 Å². The second kappa shape index (κ2) is 7.85. The number of carboxylic acids is 1. The van der Waals surface area contributed by atoms with E-state index in [9.17, 15) is 9.36 Å². The SMILES string of the molecule is CCOP(=O)(CCCCC(=O)O)OCC. The van der Waals surface area contributed by atoms with Crippen LogP contribution in [0, 0.1) is 0 Å². The molecule has 0 fully saturated rings. The van der Waals surface area contributed by atoms with Crippen molar-refractivity contribution in [2.45, 2.75) is 33.1 Å². The highest BCUT2D eigenvalue weighted by atomic mass is 31.2. The summed E-state index contributed by atoms with van der Waals surface area (Å²) in [6, 6.07) is 0. The average molecular weight is 238 g/mol. The van der Waals surface area contributed by atoms with E-state index in [-0.39, 0.29) is 6.42 Å². The van der Waals surface area contributed by atoms with Crippen molar-refractivity contribution >= 4 is 13.6 Å². The van der Waals surface area contributed by atoms with Crippen molar-refractivity contribution in [2.24, 2.45) is 0 Å². The van der Waals surface area contributed by atoms with Gasteiger partial charge >= 0.3 is 13.6 Å². The number of unbranched alkanes of at least 4 members (excludes halogenated alkanes) is 1. The number of carboxylic acid groups (broad SMARTS) is 1. The highest BCUT2D eigenvalue weighted by molar-refractivity contribution is 7.53. The van der Waals surface area contributed by atoms with E-state index in [4.69, 9.17) is 14.2 Å². The first kappa shape index (κ1) is 14.6. The molecule has 0 atom stereocenters. The summed E-state index contributed by atoms with van der Waals surface area (Å²) in [5.41, 5.74) is 0. The molecule has 0 saturated carbocycles. The van der Waals surface area contributed by atoms with E-state index < -0.39 is 13.6 Å². The van der Waals surface area contributed by atoms with Crippen molar-refractivity contribution in [3.05, 3.63) is 0 Å². The zero-order valence-corrected chi connectivity index (χ0v) is 10.2. The molecule has 0 bridgehead atoms. The molecule has 5 nitrogen and oxygen atoms in total. The third-order valence-electron chi connectivity index (χ3n) is 1.72. The Bertz CT molecular complexity index is 219. The number of rotatable bonds is 9. The molecule has 0 aliphatic rings. The first-order chi connectivity index (χ1) is 7.04. The predicted octanol–water partition coefficient (Wildman–Crippen LogP) is 2.51. The van der Waals surface area contributed by atoms with Crippen LogP contribution < -0.4 is 0 Å². The first-order valence-electron chi connectivity index (χ1n) is 5.14. The minimum absolute atomic E-state index is 0.0955. The topological polar surface area (TPSA) is 72.8 Å². The second-order valence-corrected chi connectivity index (χ2v) is 5.21. The van der Waals surface area contributed by atoms with Crippen LogP contribution in [0.4, 0.5) is 0 Å². The minimum atomic E-state index is -2.97. The highest BCUT2D eigenvalue weighted by Gasteiger charge is 2.22. The number of carbonyl (C=O) groups is 1. The molecule has 0 amide bonds. The first-order valence-corrected chi connectivity index (χ1v) is 6.86. The molecule has 0 rings (SSSR count). The average Bonchev–Trinajstić information content (AvgIpc) is 2.13. The van der Waals surface area contributed by atoms with Crippen LogP contribution in [0.1, 0.15) is 33.1 Å². The molecule has 6 heteroatoms. The Kier molecular flexibility index (Phi) is 7.65. The largest absolute Gasteiger partial charge is 0.481 e. The third-order valence-corrected chi connectivity index (χ3v) is 3.89. The Morgan fingerprint density at radius 3 is 2.13 bits per heavy atom. The van der Waals surface area contributed by atoms with E-state index in [0.717, 1.165) is 0 Å². The van der Waals surface area contributed by atoms with Crippen molar-refractivity contribution in [1.82, 2.24) is 0 Å². The maximum Gasteiger partial charge on any atom is 0.330 e. The van der Waals surface area contributed by atoms with Crippen molar-refractivity contribution < 1.29 is 23.5 Å². The van der Waals surface area contributed by atoms with Gasteiger partial charge in [-0.15, -0.1) is 0 Å². The Balaban J connectivity index is 3.85. The van der Waals surface area contributed by atoms with Crippen LogP contribution in [0.5, 0.6) is 0 Å². The Labute approximate surface area is 90.3 Å². The number of hydrogen-bond donors (Lipinski definition) is 1. The van der Waals surface area contributed by atoms with Gasteiger partial charge in [0.2, 0.25) is 0 Å². The summed E-state index contributed by atoms with van der Waals surface area (Å²) in [5, 5.41) is 8.42. The standard InChI is InChI=1S/C9H19O5P/c1-3-13-15(12,14-4-2)8-6-5-7-9(10)11/h3-8H2,1-2H3,(H,10,11). The van der Waals surface area contributed by atoms with Gasteiger partial charge in [0.15, 0.2) is 0 Å². The van der Waals surface area contributed by atoms with Crippen LogP contribution in [-0.2, 0) is 18.4 Å². The number of aliphatic carboxylic acids is 1. The summed E-state index contributed by atoms with van der Waals surface area (Å²) < 4.78 is 22.0. The highest BCUT2D eigenvalue weighted by Crippen LogP contribution is 2.48. The Morgan fingerprint density at radius 1 is 1.20 bits per heavy atom. The van der Waals surface area contributed by atoms with Crippen molar-refractivity contribution in [3.63, 3.8) is 0 Å². The molecule has 0 heterocycles. The van der Waals surface area contributed by atoms with Crippen molar-refractivity contribution in [2.75, 3.05) is 19.4 Å². The molecule has 1 N–H and O–H groups in total. The molecule has 0 spiro atoms. The van der Waals surface area contributed by atoms with Gasteiger partial charge < -0.3 is 14.2 Å². The van der Waals surface area contributed by atoms with Gasteiger partial charge in [-0.1, -0.05) is 0 Å². The van der Waals surface area contributed by atoms with Gasteiger partial charge in [0.05, 0.1) is 19.4 Å². The van der Waals surface area contributed by atoms with Gasteiger partial charge in [0.1, 0.15) is 0 Å². The molecular weight excluding hydrogens is 219 g/mol. The minimum Gasteiger partial charge on any atom is -0.481 e. The third kappa shape index (κ3) is 7.54. The fourth-order valence-electron chi connectivity index (χ4n) is 1.14. The van der Waals surface area contributed by atoms with Gasteiger partial charge in [0, 0.05) is 6.42 Å². The maximum absolute atomic E-state index is 11.9. The zero-order valence-electron chi connectivity index (χ0n) is 9.27. The van der Waals surface area contributed by atoms with E-state index in [1.807, 2.05) is 0 Å². The van der Waals surface area contributed by atoms with E-state index in [1.54, 1.807) is 13.8 Å². The Morgan fingerprint density at radius 2 is 1.73 bits per heavy atom. The van der Waals surface area contributed by atoms with Gasteiger partial charge in [0.25, 0.3) is 0 Å². The molecule has 0 radical (unpaired) electrons. The van der Waals surface area contributed by atoms with Gasteiger partial charge in [-0.3, -0.25) is 9.36 Å². The summed E-state index contributed by atoms with van der Waals surface area (Å²) in [5.74, 6) is -0.836. The Hall–Kier alpha value is -0.380. The van der Waals surface area contributed by atoms with Crippen LogP contribution in [-0.4, -0.2) is 30.5 Å². The quantitative estimate of drug-likeness (QED) is 0.493. The van der Waals surface area contributed by atoms with Crippen LogP contribution in [0.25, 0.3) is 0 Å². The number of hydrogen-bond acceptors (Lipinski definition) is 4. The molecule has 90 valence electrons. The fourth-order valence-corrected chi connectivity index (χ4v) is 2.87. The molecular formula is C9H19O5P. The molecule has 0 aromatic carbocycles. The van der Waals surface area contributed by atoms with Crippen LogP contribution in [0.2, 0.25) is 0 Å².